The second-order valence-electron chi connectivity index (χ2n) is 4.60. The van der Waals surface area contributed by atoms with Crippen LogP contribution < -0.4 is 10.1 Å². The number of hydrogen-bond donors (Lipinski definition) is 1. The van der Waals surface area contributed by atoms with Crippen LogP contribution in [0, 0.1) is 0 Å². The average Bonchev–Trinajstić information content (AvgIpc) is 2.41. The molecule has 1 aromatic rings. The monoisotopic (exact) mass is 384 g/mol. The first kappa shape index (κ1) is 20.0. The molecule has 1 heterocycles. The number of rotatable bonds is 4. The van der Waals surface area contributed by atoms with E-state index < -0.39 is 0 Å². The number of benzene rings is 1. The van der Waals surface area contributed by atoms with Gasteiger partial charge in [0.2, 0.25) is 0 Å². The molecule has 116 valence electrons. The number of halogens is 3. The topological polar surface area (TPSA) is 24.5 Å². The van der Waals surface area contributed by atoms with Gasteiger partial charge in [0.25, 0.3) is 0 Å². The summed E-state index contributed by atoms with van der Waals surface area (Å²) in [5.74, 6) is 0.897. The minimum atomic E-state index is 0. The van der Waals surface area contributed by atoms with Gasteiger partial charge in [0.15, 0.2) is 0 Å². The molecule has 3 nitrogen and oxygen atoms in total. The molecule has 0 saturated carbocycles. The molecule has 0 aromatic heterocycles. The minimum absolute atomic E-state index is 0. The molecule has 1 fully saturated rings. The fraction of sp³-hybridized carbons (Fsp3) is 0.571. The highest BCUT2D eigenvalue weighted by Gasteiger charge is 2.21. The Bertz CT molecular complexity index is 401. The van der Waals surface area contributed by atoms with Crippen LogP contribution in [-0.4, -0.2) is 38.2 Å². The first-order chi connectivity index (χ1) is 8.76. The van der Waals surface area contributed by atoms with Crippen molar-refractivity contribution in [3.05, 3.63) is 28.2 Å². The first-order valence-electron chi connectivity index (χ1n) is 6.54. The molecule has 0 radical (unpaired) electrons. The van der Waals surface area contributed by atoms with Crippen LogP contribution in [0.5, 0.6) is 5.75 Å². The molecule has 1 saturated heterocycles. The molecule has 1 aromatic carbocycles. The summed E-state index contributed by atoms with van der Waals surface area (Å²) < 4.78 is 6.33. The quantitative estimate of drug-likeness (QED) is 0.855. The van der Waals surface area contributed by atoms with E-state index in [-0.39, 0.29) is 24.8 Å². The Morgan fingerprint density at radius 3 is 2.45 bits per heavy atom. The fourth-order valence-corrected chi connectivity index (χ4v) is 3.15. The maximum absolute atomic E-state index is 5.29. The Morgan fingerprint density at radius 1 is 1.30 bits per heavy atom. The SMILES string of the molecule is CC[C@@H](c1ccc(OC)c(Br)c1)N1CCNCC1.Cl.Cl. The highest BCUT2D eigenvalue weighted by atomic mass is 79.9. The molecule has 0 bridgehead atoms. The largest absolute Gasteiger partial charge is 0.496 e. The lowest BCUT2D eigenvalue weighted by Gasteiger charge is -2.34. The van der Waals surface area contributed by atoms with Crippen LogP contribution in [0.1, 0.15) is 24.9 Å². The zero-order valence-electron chi connectivity index (χ0n) is 11.9. The number of nitrogens with zero attached hydrogens (tertiary/aromatic N) is 1. The smallest absolute Gasteiger partial charge is 0.133 e. The maximum atomic E-state index is 5.29. The van der Waals surface area contributed by atoms with Gasteiger partial charge in [-0.25, -0.2) is 0 Å². The molecule has 0 spiro atoms. The van der Waals surface area contributed by atoms with Crippen molar-refractivity contribution in [3.8, 4) is 5.75 Å². The van der Waals surface area contributed by atoms with Gasteiger partial charge in [-0.1, -0.05) is 13.0 Å². The summed E-state index contributed by atoms with van der Waals surface area (Å²) in [6.07, 6.45) is 1.14. The summed E-state index contributed by atoms with van der Waals surface area (Å²) in [5, 5.41) is 3.40. The predicted octanol–water partition coefficient (Wildman–Crippen LogP) is 3.66. The van der Waals surface area contributed by atoms with Crippen molar-refractivity contribution in [2.45, 2.75) is 19.4 Å². The van der Waals surface area contributed by atoms with Crippen molar-refractivity contribution in [3.63, 3.8) is 0 Å². The predicted molar refractivity (Wildman–Crippen MR) is 92.7 cm³/mol. The fourth-order valence-electron chi connectivity index (χ4n) is 2.59. The maximum Gasteiger partial charge on any atom is 0.133 e. The zero-order chi connectivity index (χ0) is 13.0. The first-order valence-corrected chi connectivity index (χ1v) is 7.33. The van der Waals surface area contributed by atoms with E-state index in [0.717, 1.165) is 42.8 Å². The van der Waals surface area contributed by atoms with Crippen molar-refractivity contribution in [2.24, 2.45) is 0 Å². The van der Waals surface area contributed by atoms with E-state index >= 15 is 0 Å². The van der Waals surface area contributed by atoms with Crippen molar-refractivity contribution in [1.29, 1.82) is 0 Å². The lowest BCUT2D eigenvalue weighted by Crippen LogP contribution is -2.45. The van der Waals surface area contributed by atoms with Crippen molar-refractivity contribution < 1.29 is 4.74 Å². The summed E-state index contributed by atoms with van der Waals surface area (Å²) in [4.78, 5) is 2.56. The van der Waals surface area contributed by atoms with Gasteiger partial charge < -0.3 is 10.1 Å². The van der Waals surface area contributed by atoms with Gasteiger partial charge in [-0.2, -0.15) is 0 Å². The summed E-state index contributed by atoms with van der Waals surface area (Å²) in [6.45, 7) is 6.69. The van der Waals surface area contributed by atoms with Crippen LogP contribution in [-0.2, 0) is 0 Å². The van der Waals surface area contributed by atoms with Gasteiger partial charge in [-0.3, -0.25) is 4.90 Å². The van der Waals surface area contributed by atoms with Gasteiger partial charge in [-0.15, -0.1) is 24.8 Å². The van der Waals surface area contributed by atoms with E-state index in [1.807, 2.05) is 6.07 Å². The van der Waals surface area contributed by atoms with Crippen LogP contribution in [0.25, 0.3) is 0 Å². The Hall–Kier alpha value is -0.000000000000000111. The standard InChI is InChI=1S/C14H21BrN2O.2ClH/c1-3-13(17-8-6-16-7-9-17)11-4-5-14(18-2)12(15)10-11;;/h4-5,10,13,16H,3,6-9H2,1-2H3;2*1H/t13-;;/m0../s1. The van der Waals surface area contributed by atoms with Crippen LogP contribution in [0.15, 0.2) is 22.7 Å². The van der Waals surface area contributed by atoms with E-state index in [1.54, 1.807) is 7.11 Å². The molecule has 1 atom stereocenters. The van der Waals surface area contributed by atoms with Crippen LogP contribution >= 0.6 is 40.7 Å². The molecule has 0 unspecified atom stereocenters. The van der Waals surface area contributed by atoms with Gasteiger partial charge in [0.05, 0.1) is 11.6 Å². The van der Waals surface area contributed by atoms with Gasteiger partial charge in [-0.05, 0) is 40.0 Å². The molecule has 1 aliphatic heterocycles. The van der Waals surface area contributed by atoms with Gasteiger partial charge in [0.1, 0.15) is 5.75 Å². The second kappa shape index (κ2) is 9.85. The third kappa shape index (κ3) is 4.78. The summed E-state index contributed by atoms with van der Waals surface area (Å²) in [5.41, 5.74) is 1.37. The molecular weight excluding hydrogens is 363 g/mol. The van der Waals surface area contributed by atoms with E-state index in [9.17, 15) is 0 Å². The summed E-state index contributed by atoms with van der Waals surface area (Å²) in [7, 11) is 1.70. The van der Waals surface area contributed by atoms with E-state index in [2.05, 4.69) is 45.2 Å². The Kier molecular flexibility index (Phi) is 9.85. The second-order valence-corrected chi connectivity index (χ2v) is 5.46. The van der Waals surface area contributed by atoms with Crippen molar-refractivity contribution >= 4 is 40.7 Å². The summed E-state index contributed by atoms with van der Waals surface area (Å²) >= 11 is 3.57. The molecule has 2 rings (SSSR count). The highest BCUT2D eigenvalue weighted by molar-refractivity contribution is 9.10. The Balaban J connectivity index is 0.00000180. The van der Waals surface area contributed by atoms with Gasteiger partial charge >= 0.3 is 0 Å². The molecule has 20 heavy (non-hydrogen) atoms. The van der Waals surface area contributed by atoms with E-state index in [1.165, 1.54) is 5.56 Å². The number of piperazine rings is 1. The van der Waals surface area contributed by atoms with E-state index in [0.29, 0.717) is 6.04 Å². The normalized spacial score (nSPS) is 16.8. The number of nitrogens with one attached hydrogen (secondary N) is 1. The summed E-state index contributed by atoms with van der Waals surface area (Å²) in [6, 6.07) is 6.92. The van der Waals surface area contributed by atoms with Crippen LogP contribution in [0.2, 0.25) is 0 Å². The number of methoxy groups -OCH3 is 1. The van der Waals surface area contributed by atoms with Crippen LogP contribution in [0.3, 0.4) is 0 Å². The molecule has 0 amide bonds. The minimum Gasteiger partial charge on any atom is -0.496 e. The van der Waals surface area contributed by atoms with Crippen molar-refractivity contribution in [2.75, 3.05) is 33.3 Å². The molecule has 1 aliphatic rings. The van der Waals surface area contributed by atoms with Gasteiger partial charge in [0, 0.05) is 32.2 Å². The third-order valence-corrected chi connectivity index (χ3v) is 4.16. The Labute approximate surface area is 142 Å². The van der Waals surface area contributed by atoms with Crippen LogP contribution in [0.4, 0.5) is 0 Å². The molecular formula is C14H23BrCl2N2O. The number of ether oxygens (including phenoxy) is 1. The zero-order valence-corrected chi connectivity index (χ0v) is 15.1. The third-order valence-electron chi connectivity index (χ3n) is 3.54. The Morgan fingerprint density at radius 2 is 1.95 bits per heavy atom. The lowest BCUT2D eigenvalue weighted by molar-refractivity contribution is 0.169. The van der Waals surface area contributed by atoms with E-state index in [4.69, 9.17) is 4.74 Å². The lowest BCUT2D eigenvalue weighted by atomic mass is 10.0. The molecule has 6 heteroatoms. The number of hydrogen-bond acceptors (Lipinski definition) is 3. The highest BCUT2D eigenvalue weighted by Crippen LogP contribution is 2.31. The molecule has 0 aliphatic carbocycles. The van der Waals surface area contributed by atoms with Crippen molar-refractivity contribution in [1.82, 2.24) is 10.2 Å². The molecule has 1 N–H and O–H groups in total. The average molecular weight is 386 g/mol.